The Bertz CT molecular complexity index is 708. The highest BCUT2D eigenvalue weighted by Crippen LogP contribution is 2.23. The van der Waals surface area contributed by atoms with Crippen molar-refractivity contribution < 1.29 is 13.5 Å². The predicted molar refractivity (Wildman–Crippen MR) is 106 cm³/mol. The van der Waals surface area contributed by atoms with Gasteiger partial charge in [0.1, 0.15) is 11.6 Å². The Morgan fingerprint density at radius 2 is 2.04 bits per heavy atom. The van der Waals surface area contributed by atoms with Gasteiger partial charge in [0, 0.05) is 58.4 Å². The second kappa shape index (κ2) is 8.61. The Labute approximate surface area is 165 Å². The van der Waals surface area contributed by atoms with E-state index in [4.69, 9.17) is 4.74 Å². The number of anilines is 1. The number of hydrogen-bond acceptors (Lipinski definition) is 4. The van der Waals surface area contributed by atoms with Crippen LogP contribution in [0.1, 0.15) is 12.8 Å². The van der Waals surface area contributed by atoms with E-state index in [1.54, 1.807) is 7.05 Å². The summed E-state index contributed by atoms with van der Waals surface area (Å²) in [5, 5.41) is 3.44. The zero-order chi connectivity index (χ0) is 19.5. The summed E-state index contributed by atoms with van der Waals surface area (Å²) in [4.78, 5) is 11.0. The molecule has 3 fully saturated rings. The van der Waals surface area contributed by atoms with Crippen LogP contribution in [0.2, 0.25) is 0 Å². The Kier molecular flexibility index (Phi) is 5.96. The molecular formula is C20H29F2N5O. The summed E-state index contributed by atoms with van der Waals surface area (Å²) in [5.41, 5.74) is 0.332. The van der Waals surface area contributed by atoms with Crippen LogP contribution in [0.15, 0.2) is 23.2 Å². The van der Waals surface area contributed by atoms with Gasteiger partial charge in [-0.25, -0.2) is 8.78 Å². The van der Waals surface area contributed by atoms with Crippen molar-refractivity contribution >= 4 is 11.6 Å². The first-order chi connectivity index (χ1) is 13.6. The minimum absolute atomic E-state index is 0.175. The topological polar surface area (TPSA) is 43.3 Å². The lowest BCUT2D eigenvalue weighted by Gasteiger charge is -2.39. The van der Waals surface area contributed by atoms with Crippen LogP contribution in [0.4, 0.5) is 14.5 Å². The van der Waals surface area contributed by atoms with Crippen LogP contribution in [-0.4, -0.2) is 87.4 Å². The maximum atomic E-state index is 14.0. The molecule has 2 atom stereocenters. The van der Waals surface area contributed by atoms with E-state index >= 15 is 0 Å². The van der Waals surface area contributed by atoms with Crippen molar-refractivity contribution in [3.8, 4) is 0 Å². The van der Waals surface area contributed by atoms with Crippen LogP contribution >= 0.6 is 0 Å². The van der Waals surface area contributed by atoms with Crippen LogP contribution in [0.3, 0.4) is 0 Å². The van der Waals surface area contributed by atoms with Gasteiger partial charge in [-0.2, -0.15) is 0 Å². The minimum Gasteiger partial charge on any atom is -0.373 e. The van der Waals surface area contributed by atoms with Crippen LogP contribution < -0.4 is 10.2 Å². The number of nitrogens with one attached hydrogen (secondary N) is 1. The molecule has 28 heavy (non-hydrogen) atoms. The van der Waals surface area contributed by atoms with Crippen LogP contribution in [0.25, 0.3) is 0 Å². The standard InChI is InChI=1S/C20H29F2N5O/c1-23-20(24-12-17-13-27-6-2-3-16(27)14-28-17)26-9-7-25(8-10-26)19-11-15(21)4-5-18(19)22/h4-5,11,16-17H,2-3,6-10,12-14H2,1H3,(H,23,24). The lowest BCUT2D eigenvalue weighted by Crippen LogP contribution is -2.55. The highest BCUT2D eigenvalue weighted by Gasteiger charge is 2.32. The van der Waals surface area contributed by atoms with Crippen LogP contribution in [0, 0.1) is 11.6 Å². The maximum Gasteiger partial charge on any atom is 0.193 e. The third-order valence-electron chi connectivity index (χ3n) is 5.99. The van der Waals surface area contributed by atoms with E-state index in [1.807, 2.05) is 4.90 Å². The van der Waals surface area contributed by atoms with Gasteiger partial charge in [-0.15, -0.1) is 0 Å². The molecule has 0 bridgehead atoms. The molecule has 0 aliphatic carbocycles. The molecule has 1 N–H and O–H groups in total. The van der Waals surface area contributed by atoms with Crippen molar-refractivity contribution in [1.29, 1.82) is 0 Å². The summed E-state index contributed by atoms with van der Waals surface area (Å²) < 4.78 is 33.5. The van der Waals surface area contributed by atoms with Crippen LogP contribution in [0.5, 0.6) is 0 Å². The summed E-state index contributed by atoms with van der Waals surface area (Å²) in [6.07, 6.45) is 2.69. The number of hydrogen-bond donors (Lipinski definition) is 1. The first-order valence-electron chi connectivity index (χ1n) is 10.2. The Morgan fingerprint density at radius 1 is 1.21 bits per heavy atom. The van der Waals surface area contributed by atoms with E-state index in [9.17, 15) is 8.78 Å². The number of halogens is 2. The smallest absolute Gasteiger partial charge is 0.193 e. The molecule has 0 amide bonds. The molecule has 1 aromatic carbocycles. The third-order valence-corrected chi connectivity index (χ3v) is 5.99. The molecule has 3 aliphatic rings. The zero-order valence-electron chi connectivity index (χ0n) is 16.4. The van der Waals surface area contributed by atoms with Gasteiger partial charge in [-0.1, -0.05) is 0 Å². The van der Waals surface area contributed by atoms with Gasteiger partial charge in [0.2, 0.25) is 0 Å². The molecule has 154 valence electrons. The lowest BCUT2D eigenvalue weighted by molar-refractivity contribution is -0.0454. The van der Waals surface area contributed by atoms with Gasteiger partial charge in [0.25, 0.3) is 0 Å². The number of guanidine groups is 1. The van der Waals surface area contributed by atoms with Crippen molar-refractivity contribution in [1.82, 2.24) is 15.1 Å². The summed E-state index contributed by atoms with van der Waals surface area (Å²) in [7, 11) is 1.78. The fraction of sp³-hybridized carbons (Fsp3) is 0.650. The van der Waals surface area contributed by atoms with Gasteiger partial charge >= 0.3 is 0 Å². The van der Waals surface area contributed by atoms with Gasteiger partial charge in [-0.05, 0) is 31.5 Å². The summed E-state index contributed by atoms with van der Waals surface area (Å²) >= 11 is 0. The molecule has 0 spiro atoms. The number of rotatable bonds is 3. The monoisotopic (exact) mass is 393 g/mol. The quantitative estimate of drug-likeness (QED) is 0.623. The number of piperazine rings is 1. The van der Waals surface area contributed by atoms with E-state index in [0.717, 1.165) is 31.7 Å². The molecular weight excluding hydrogens is 364 g/mol. The fourth-order valence-corrected chi connectivity index (χ4v) is 4.43. The molecule has 0 saturated carbocycles. The predicted octanol–water partition coefficient (Wildman–Crippen LogP) is 1.53. The summed E-state index contributed by atoms with van der Waals surface area (Å²) in [5.74, 6) is 0.0440. The van der Waals surface area contributed by atoms with Crippen LogP contribution in [-0.2, 0) is 4.74 Å². The molecule has 4 rings (SSSR count). The molecule has 0 radical (unpaired) electrons. The molecule has 8 heteroatoms. The lowest BCUT2D eigenvalue weighted by atomic mass is 10.2. The number of benzene rings is 1. The summed E-state index contributed by atoms with van der Waals surface area (Å²) in [6, 6.07) is 4.21. The summed E-state index contributed by atoms with van der Waals surface area (Å²) in [6.45, 7) is 6.36. The van der Waals surface area contributed by atoms with Crippen molar-refractivity contribution in [2.75, 3.05) is 64.4 Å². The van der Waals surface area contributed by atoms with E-state index in [2.05, 4.69) is 20.1 Å². The second-order valence-corrected chi connectivity index (χ2v) is 7.74. The first kappa shape index (κ1) is 19.4. The molecule has 0 aromatic heterocycles. The molecule has 2 unspecified atom stereocenters. The van der Waals surface area contributed by atoms with Crippen molar-refractivity contribution in [2.45, 2.75) is 25.0 Å². The highest BCUT2D eigenvalue weighted by molar-refractivity contribution is 5.80. The molecule has 6 nitrogen and oxygen atoms in total. The third kappa shape index (κ3) is 4.22. The maximum absolute atomic E-state index is 14.0. The SMILES string of the molecule is CN=C(NCC1CN2CCCC2CO1)N1CCN(c2cc(F)ccc2F)CC1. The van der Waals surface area contributed by atoms with Crippen molar-refractivity contribution in [3.63, 3.8) is 0 Å². The Morgan fingerprint density at radius 3 is 2.82 bits per heavy atom. The second-order valence-electron chi connectivity index (χ2n) is 7.74. The van der Waals surface area contributed by atoms with E-state index in [0.29, 0.717) is 37.9 Å². The molecule has 3 aliphatic heterocycles. The number of morpholine rings is 1. The average Bonchev–Trinajstić information content (AvgIpc) is 3.19. The van der Waals surface area contributed by atoms with Crippen molar-refractivity contribution in [3.05, 3.63) is 29.8 Å². The normalized spacial score (nSPS) is 26.5. The number of aliphatic imine (C=N–C) groups is 1. The van der Waals surface area contributed by atoms with E-state index < -0.39 is 5.82 Å². The highest BCUT2D eigenvalue weighted by atomic mass is 19.1. The zero-order valence-corrected chi connectivity index (χ0v) is 16.4. The minimum atomic E-state index is -0.413. The Hall–Kier alpha value is -1.93. The number of ether oxygens (including phenoxy) is 1. The number of nitrogens with zero attached hydrogens (tertiary/aromatic N) is 4. The largest absolute Gasteiger partial charge is 0.373 e. The van der Waals surface area contributed by atoms with Gasteiger partial charge in [-0.3, -0.25) is 9.89 Å². The number of fused-ring (bicyclic) bond motifs is 1. The molecule has 1 aromatic rings. The van der Waals surface area contributed by atoms with E-state index in [-0.39, 0.29) is 11.9 Å². The molecule has 3 saturated heterocycles. The Balaban J connectivity index is 1.27. The van der Waals surface area contributed by atoms with Gasteiger partial charge < -0.3 is 19.9 Å². The first-order valence-corrected chi connectivity index (χ1v) is 10.2. The van der Waals surface area contributed by atoms with Gasteiger partial charge in [0.05, 0.1) is 18.4 Å². The van der Waals surface area contributed by atoms with Gasteiger partial charge in [0.15, 0.2) is 5.96 Å². The molecule has 3 heterocycles. The fourth-order valence-electron chi connectivity index (χ4n) is 4.43. The van der Waals surface area contributed by atoms with E-state index in [1.165, 1.54) is 31.5 Å². The van der Waals surface area contributed by atoms with Crippen molar-refractivity contribution in [2.24, 2.45) is 4.99 Å². The average molecular weight is 393 g/mol.